The molecule has 1 atom stereocenters. The number of carbonyl (C=O) groups is 1. The lowest BCUT2D eigenvalue weighted by Gasteiger charge is -2.35. The highest BCUT2D eigenvalue weighted by atomic mass is 16.5. The molecule has 0 bridgehead atoms. The van der Waals surface area contributed by atoms with E-state index in [0.29, 0.717) is 5.91 Å². The zero-order chi connectivity index (χ0) is 17.4. The summed E-state index contributed by atoms with van der Waals surface area (Å²) < 4.78 is 5.06. The maximum atomic E-state index is 12.4. The first kappa shape index (κ1) is 19.7. The third kappa shape index (κ3) is 6.36. The summed E-state index contributed by atoms with van der Waals surface area (Å²) in [4.78, 5) is 17.1. The maximum Gasteiger partial charge on any atom is 0.222 e. The Hall–Kier alpha value is -0.610. The molecule has 0 saturated carbocycles. The first-order valence-electron chi connectivity index (χ1n) is 10.1. The molecule has 2 saturated heterocycles. The Morgan fingerprint density at radius 2 is 1.75 bits per heavy atom. The summed E-state index contributed by atoms with van der Waals surface area (Å²) in [5.74, 6) is 2.74. The second-order valence-corrected chi connectivity index (χ2v) is 8.22. The third-order valence-corrected chi connectivity index (χ3v) is 5.74. The van der Waals surface area contributed by atoms with Gasteiger partial charge in [-0.2, -0.15) is 0 Å². The predicted molar refractivity (Wildman–Crippen MR) is 99.0 cm³/mol. The molecule has 2 rings (SSSR count). The molecule has 1 amide bonds. The molecule has 140 valence electrons. The highest BCUT2D eigenvalue weighted by molar-refractivity contribution is 5.76. The van der Waals surface area contributed by atoms with Crippen LogP contribution >= 0.6 is 0 Å². The van der Waals surface area contributed by atoms with Crippen molar-refractivity contribution < 1.29 is 9.53 Å². The Morgan fingerprint density at radius 3 is 2.42 bits per heavy atom. The van der Waals surface area contributed by atoms with Crippen LogP contribution in [-0.2, 0) is 9.53 Å². The number of likely N-dealkylation sites (tertiary alicyclic amines) is 2. The summed E-state index contributed by atoms with van der Waals surface area (Å²) in [6.45, 7) is 11.2. The van der Waals surface area contributed by atoms with Crippen molar-refractivity contribution in [3.63, 3.8) is 0 Å². The molecule has 0 spiro atoms. The van der Waals surface area contributed by atoms with E-state index in [0.717, 1.165) is 63.1 Å². The summed E-state index contributed by atoms with van der Waals surface area (Å²) in [5, 5.41) is 0. The fourth-order valence-corrected chi connectivity index (χ4v) is 4.38. The minimum absolute atomic E-state index is 0.382. The summed E-state index contributed by atoms with van der Waals surface area (Å²) in [6, 6.07) is 0. The van der Waals surface area contributed by atoms with Crippen LogP contribution in [0.3, 0.4) is 0 Å². The van der Waals surface area contributed by atoms with Gasteiger partial charge in [0.2, 0.25) is 5.91 Å². The number of rotatable bonds is 9. The Balaban J connectivity index is 1.63. The lowest BCUT2D eigenvalue weighted by atomic mass is 9.83. The van der Waals surface area contributed by atoms with Crippen molar-refractivity contribution in [1.82, 2.24) is 9.80 Å². The van der Waals surface area contributed by atoms with Gasteiger partial charge >= 0.3 is 0 Å². The van der Waals surface area contributed by atoms with Crippen molar-refractivity contribution in [3.05, 3.63) is 0 Å². The van der Waals surface area contributed by atoms with Crippen molar-refractivity contribution in [2.75, 3.05) is 46.4 Å². The highest BCUT2D eigenvalue weighted by Crippen LogP contribution is 2.32. The molecular formula is C20H38N2O2. The molecule has 0 radical (unpaired) electrons. The average molecular weight is 339 g/mol. The van der Waals surface area contributed by atoms with E-state index in [1.165, 1.54) is 38.9 Å². The molecule has 2 fully saturated rings. The summed E-state index contributed by atoms with van der Waals surface area (Å²) in [6.07, 6.45) is 7.80. The first-order chi connectivity index (χ1) is 11.6. The van der Waals surface area contributed by atoms with E-state index in [9.17, 15) is 4.79 Å². The van der Waals surface area contributed by atoms with E-state index >= 15 is 0 Å². The van der Waals surface area contributed by atoms with Gasteiger partial charge < -0.3 is 14.5 Å². The van der Waals surface area contributed by atoms with Gasteiger partial charge in [-0.05, 0) is 62.9 Å². The number of ether oxygens (including phenoxy) is 1. The van der Waals surface area contributed by atoms with Crippen molar-refractivity contribution in [2.45, 2.75) is 58.8 Å². The highest BCUT2D eigenvalue weighted by Gasteiger charge is 2.33. The van der Waals surface area contributed by atoms with Crippen LogP contribution in [0.4, 0.5) is 0 Å². The van der Waals surface area contributed by atoms with Crippen LogP contribution in [0, 0.1) is 17.8 Å². The first-order valence-corrected chi connectivity index (χ1v) is 10.1. The van der Waals surface area contributed by atoms with Crippen LogP contribution in [0.15, 0.2) is 0 Å². The van der Waals surface area contributed by atoms with Gasteiger partial charge in [0.25, 0.3) is 0 Å². The van der Waals surface area contributed by atoms with Crippen LogP contribution in [0.5, 0.6) is 0 Å². The van der Waals surface area contributed by atoms with Gasteiger partial charge in [-0.1, -0.05) is 20.3 Å². The Kier molecular flexibility index (Phi) is 8.54. The van der Waals surface area contributed by atoms with Crippen LogP contribution < -0.4 is 0 Å². The fourth-order valence-electron chi connectivity index (χ4n) is 4.38. The third-order valence-electron chi connectivity index (χ3n) is 5.74. The van der Waals surface area contributed by atoms with E-state index in [-0.39, 0.29) is 0 Å². The number of nitrogens with zero attached hydrogens (tertiary/aromatic N) is 2. The van der Waals surface area contributed by atoms with Gasteiger partial charge in [-0.3, -0.25) is 4.79 Å². The van der Waals surface area contributed by atoms with Crippen LogP contribution in [0.1, 0.15) is 58.8 Å². The molecule has 1 unspecified atom stereocenters. The number of hydrogen-bond donors (Lipinski definition) is 0. The van der Waals surface area contributed by atoms with Crippen LogP contribution in [-0.4, -0.2) is 62.1 Å². The maximum absolute atomic E-state index is 12.4. The largest absolute Gasteiger partial charge is 0.385 e. The number of carbonyl (C=O) groups excluding carboxylic acids is 1. The second kappa shape index (κ2) is 10.4. The Morgan fingerprint density at radius 1 is 1.04 bits per heavy atom. The molecule has 24 heavy (non-hydrogen) atoms. The molecule has 4 nitrogen and oxygen atoms in total. The molecule has 0 aliphatic carbocycles. The predicted octanol–water partition coefficient (Wildman–Crippen LogP) is 3.41. The van der Waals surface area contributed by atoms with Gasteiger partial charge in [0.1, 0.15) is 0 Å². The fraction of sp³-hybridized carbons (Fsp3) is 0.950. The number of unbranched alkanes of at least 4 members (excludes halogenated alkanes) is 2. The number of amides is 1. The normalized spacial score (nSPS) is 23.3. The van der Waals surface area contributed by atoms with E-state index in [4.69, 9.17) is 4.74 Å². The number of piperidine rings is 1. The van der Waals surface area contributed by atoms with Crippen LogP contribution in [0.2, 0.25) is 0 Å². The smallest absolute Gasteiger partial charge is 0.222 e. The Labute approximate surface area is 148 Å². The van der Waals surface area contributed by atoms with Crippen LogP contribution in [0.25, 0.3) is 0 Å². The molecule has 4 heteroatoms. The second-order valence-electron chi connectivity index (χ2n) is 8.22. The molecule has 2 aliphatic heterocycles. The molecular weight excluding hydrogens is 300 g/mol. The SMILES string of the molecule is COCCCCCC(=O)N1CCC(C2CCN(CC(C)C)CC2)C1. The van der Waals surface area contributed by atoms with Crippen molar-refractivity contribution in [3.8, 4) is 0 Å². The van der Waals surface area contributed by atoms with Gasteiger partial charge in [0.05, 0.1) is 0 Å². The molecule has 0 aromatic heterocycles. The Bertz CT molecular complexity index is 365. The van der Waals surface area contributed by atoms with Crippen molar-refractivity contribution in [1.29, 1.82) is 0 Å². The minimum atomic E-state index is 0.382. The zero-order valence-corrected chi connectivity index (χ0v) is 16.1. The van der Waals surface area contributed by atoms with Gasteiger partial charge in [0.15, 0.2) is 0 Å². The standard InChI is InChI=1S/C20H38N2O2/c1-17(2)15-21-11-8-18(9-12-21)19-10-13-22(16-19)20(23)7-5-4-6-14-24-3/h17-19H,4-16H2,1-3H3. The topological polar surface area (TPSA) is 32.8 Å². The van der Waals surface area contributed by atoms with E-state index < -0.39 is 0 Å². The molecule has 0 N–H and O–H groups in total. The molecule has 2 aliphatic rings. The quantitative estimate of drug-likeness (QED) is 0.604. The summed E-state index contributed by atoms with van der Waals surface area (Å²) >= 11 is 0. The van der Waals surface area contributed by atoms with Crippen molar-refractivity contribution >= 4 is 5.91 Å². The monoisotopic (exact) mass is 338 g/mol. The minimum Gasteiger partial charge on any atom is -0.385 e. The summed E-state index contributed by atoms with van der Waals surface area (Å²) in [5.41, 5.74) is 0. The van der Waals surface area contributed by atoms with Gasteiger partial charge in [-0.25, -0.2) is 0 Å². The number of hydrogen-bond acceptors (Lipinski definition) is 3. The lowest BCUT2D eigenvalue weighted by Crippen LogP contribution is -2.39. The molecule has 2 heterocycles. The molecule has 0 aromatic carbocycles. The average Bonchev–Trinajstić information content (AvgIpc) is 3.05. The summed E-state index contributed by atoms with van der Waals surface area (Å²) in [7, 11) is 1.74. The van der Waals surface area contributed by atoms with Gasteiger partial charge in [-0.15, -0.1) is 0 Å². The van der Waals surface area contributed by atoms with E-state index in [1.807, 2.05) is 0 Å². The lowest BCUT2D eigenvalue weighted by molar-refractivity contribution is -0.130. The van der Waals surface area contributed by atoms with Crippen molar-refractivity contribution in [2.24, 2.45) is 17.8 Å². The molecule has 0 aromatic rings. The van der Waals surface area contributed by atoms with E-state index in [1.54, 1.807) is 7.11 Å². The zero-order valence-electron chi connectivity index (χ0n) is 16.1. The van der Waals surface area contributed by atoms with E-state index in [2.05, 4.69) is 23.6 Å². The number of methoxy groups -OCH3 is 1. The van der Waals surface area contributed by atoms with Gasteiger partial charge in [0, 0.05) is 39.8 Å².